The number of methoxy groups -OCH3 is 2. The zero-order chi connectivity index (χ0) is 23.7. The molecule has 3 aromatic carbocycles. The number of anilines is 1. The van der Waals surface area contributed by atoms with Crippen LogP contribution in [0.5, 0.6) is 11.5 Å². The molecule has 0 fully saturated rings. The number of ether oxygens (including phenoxy) is 2. The van der Waals surface area contributed by atoms with Crippen molar-refractivity contribution in [2.75, 3.05) is 19.1 Å². The molecule has 0 radical (unpaired) electrons. The lowest BCUT2D eigenvalue weighted by atomic mass is 9.90. The zero-order valence-electron chi connectivity index (χ0n) is 19.4. The first-order valence-corrected chi connectivity index (χ1v) is 11.2. The second-order valence-corrected chi connectivity index (χ2v) is 8.33. The molecule has 172 valence electrons. The van der Waals surface area contributed by atoms with E-state index < -0.39 is 0 Å². The summed E-state index contributed by atoms with van der Waals surface area (Å²) in [6.07, 6.45) is 2.12. The molecule has 0 unspecified atom stereocenters. The standard InChI is InChI=1S/C27H26N4O3/c1-18-11-13-19(14-12-18)23-16-24(22-9-4-5-10-25(22)34-3)31-27(28-17-29-31)30(23)26(32)20-7-6-8-21(15-20)33-2/h4-15,17,23-24H,16H2,1-3H3/t23-,24+/m1/s1. The molecule has 0 saturated heterocycles. The molecule has 0 N–H and O–H groups in total. The van der Waals surface area contributed by atoms with Gasteiger partial charge < -0.3 is 9.47 Å². The van der Waals surface area contributed by atoms with Crippen LogP contribution >= 0.6 is 0 Å². The molecule has 2 heterocycles. The molecule has 0 spiro atoms. The molecule has 1 aliphatic rings. The van der Waals surface area contributed by atoms with Gasteiger partial charge in [-0.15, -0.1) is 0 Å². The van der Waals surface area contributed by atoms with Gasteiger partial charge in [0.05, 0.1) is 26.3 Å². The normalized spacial score (nSPS) is 17.2. The number of aryl methyl sites for hydroxylation is 1. The summed E-state index contributed by atoms with van der Waals surface area (Å²) in [5.41, 5.74) is 3.73. The highest BCUT2D eigenvalue weighted by Crippen LogP contribution is 2.44. The van der Waals surface area contributed by atoms with Gasteiger partial charge in [0.15, 0.2) is 0 Å². The van der Waals surface area contributed by atoms with E-state index in [0.717, 1.165) is 22.4 Å². The highest BCUT2D eigenvalue weighted by Gasteiger charge is 2.40. The van der Waals surface area contributed by atoms with Gasteiger partial charge in [-0.05, 0) is 43.2 Å². The number of hydrogen-bond acceptors (Lipinski definition) is 5. The van der Waals surface area contributed by atoms with Crippen LogP contribution in [0.25, 0.3) is 0 Å². The number of nitrogens with zero attached hydrogens (tertiary/aromatic N) is 4. The van der Waals surface area contributed by atoms with Crippen molar-refractivity contribution in [3.8, 4) is 11.5 Å². The van der Waals surface area contributed by atoms with Crippen molar-refractivity contribution >= 4 is 11.9 Å². The molecule has 0 bridgehead atoms. The van der Waals surface area contributed by atoms with Crippen LogP contribution in [0.15, 0.2) is 79.1 Å². The van der Waals surface area contributed by atoms with Crippen molar-refractivity contribution in [3.05, 3.63) is 101 Å². The number of rotatable bonds is 5. The monoisotopic (exact) mass is 454 g/mol. The van der Waals surface area contributed by atoms with Crippen LogP contribution in [-0.4, -0.2) is 34.9 Å². The Balaban J connectivity index is 1.66. The minimum atomic E-state index is -0.245. The highest BCUT2D eigenvalue weighted by molar-refractivity contribution is 6.06. The fourth-order valence-electron chi connectivity index (χ4n) is 4.59. The minimum Gasteiger partial charge on any atom is -0.497 e. The number of amides is 1. The first kappa shape index (κ1) is 21.7. The van der Waals surface area contributed by atoms with Crippen molar-refractivity contribution in [2.24, 2.45) is 0 Å². The number of fused-ring (bicyclic) bond motifs is 1. The van der Waals surface area contributed by atoms with E-state index in [1.165, 1.54) is 6.33 Å². The second-order valence-electron chi connectivity index (χ2n) is 8.33. The molecule has 0 saturated carbocycles. The quantitative estimate of drug-likeness (QED) is 0.425. The molecule has 1 aromatic heterocycles. The molecule has 34 heavy (non-hydrogen) atoms. The second kappa shape index (κ2) is 9.02. The molecule has 7 heteroatoms. The molecular weight excluding hydrogens is 428 g/mol. The van der Waals surface area contributed by atoms with Crippen molar-refractivity contribution in [2.45, 2.75) is 25.4 Å². The number of carbonyl (C=O) groups excluding carboxylic acids is 1. The maximum absolute atomic E-state index is 13.9. The number of benzene rings is 3. The molecule has 4 aromatic rings. The van der Waals surface area contributed by atoms with Crippen LogP contribution in [0, 0.1) is 6.92 Å². The molecule has 0 aliphatic carbocycles. The Morgan fingerprint density at radius 2 is 1.74 bits per heavy atom. The number of hydrogen-bond donors (Lipinski definition) is 0. The van der Waals surface area contributed by atoms with Crippen LogP contribution in [-0.2, 0) is 0 Å². The molecule has 7 nitrogen and oxygen atoms in total. The summed E-state index contributed by atoms with van der Waals surface area (Å²) >= 11 is 0. The van der Waals surface area contributed by atoms with Crippen LogP contribution < -0.4 is 14.4 Å². The summed E-state index contributed by atoms with van der Waals surface area (Å²) < 4.78 is 12.8. The molecule has 1 aliphatic heterocycles. The summed E-state index contributed by atoms with van der Waals surface area (Å²) in [6.45, 7) is 2.05. The summed E-state index contributed by atoms with van der Waals surface area (Å²) in [5, 5.41) is 4.52. The fraction of sp³-hybridized carbons (Fsp3) is 0.222. The van der Waals surface area contributed by atoms with Crippen molar-refractivity contribution in [3.63, 3.8) is 0 Å². The van der Waals surface area contributed by atoms with E-state index in [1.54, 1.807) is 31.3 Å². The average molecular weight is 455 g/mol. The number of aromatic nitrogens is 3. The lowest BCUT2D eigenvalue weighted by Gasteiger charge is -2.39. The van der Waals surface area contributed by atoms with Crippen LogP contribution in [0.2, 0.25) is 0 Å². The van der Waals surface area contributed by atoms with Gasteiger partial charge in [-0.1, -0.05) is 54.1 Å². The Labute approximate surface area is 198 Å². The Morgan fingerprint density at radius 3 is 2.50 bits per heavy atom. The maximum atomic E-state index is 13.9. The first-order valence-electron chi connectivity index (χ1n) is 11.2. The van der Waals surface area contributed by atoms with Crippen LogP contribution in [0.1, 0.15) is 45.6 Å². The van der Waals surface area contributed by atoms with E-state index in [2.05, 4.69) is 41.3 Å². The van der Waals surface area contributed by atoms with Gasteiger partial charge in [-0.3, -0.25) is 9.69 Å². The van der Waals surface area contributed by atoms with E-state index in [1.807, 2.05) is 41.1 Å². The third kappa shape index (κ3) is 3.79. The first-order chi connectivity index (χ1) is 16.6. The smallest absolute Gasteiger partial charge is 0.261 e. The SMILES string of the molecule is COc1cccc(C(=O)N2c3ncnn3[C@H](c3ccccc3OC)C[C@@H]2c2ccc(C)cc2)c1. The van der Waals surface area contributed by atoms with Crippen LogP contribution in [0.3, 0.4) is 0 Å². The van der Waals surface area contributed by atoms with Crippen molar-refractivity contribution < 1.29 is 14.3 Å². The summed E-state index contributed by atoms with van der Waals surface area (Å²) in [4.78, 5) is 20.2. The predicted molar refractivity (Wildman–Crippen MR) is 129 cm³/mol. The Morgan fingerprint density at radius 1 is 0.941 bits per heavy atom. The van der Waals surface area contributed by atoms with Gasteiger partial charge in [-0.2, -0.15) is 10.1 Å². The van der Waals surface area contributed by atoms with E-state index in [4.69, 9.17) is 9.47 Å². The summed E-state index contributed by atoms with van der Waals surface area (Å²) in [5.74, 6) is 1.75. The van der Waals surface area contributed by atoms with Gasteiger partial charge in [0.1, 0.15) is 17.8 Å². The fourth-order valence-corrected chi connectivity index (χ4v) is 4.59. The van der Waals surface area contributed by atoms with E-state index >= 15 is 0 Å². The predicted octanol–water partition coefficient (Wildman–Crippen LogP) is 4.98. The van der Waals surface area contributed by atoms with Gasteiger partial charge in [0.25, 0.3) is 5.91 Å². The third-order valence-electron chi connectivity index (χ3n) is 6.32. The Kier molecular flexibility index (Phi) is 5.76. The van der Waals surface area contributed by atoms with Gasteiger partial charge >= 0.3 is 0 Å². The summed E-state index contributed by atoms with van der Waals surface area (Å²) in [6, 6.07) is 23.0. The molecule has 2 atom stereocenters. The molecular formula is C27H26N4O3. The lowest BCUT2D eigenvalue weighted by molar-refractivity contribution is 0.0962. The number of carbonyl (C=O) groups is 1. The lowest BCUT2D eigenvalue weighted by Crippen LogP contribution is -2.42. The van der Waals surface area contributed by atoms with E-state index in [-0.39, 0.29) is 18.0 Å². The largest absolute Gasteiger partial charge is 0.497 e. The van der Waals surface area contributed by atoms with Gasteiger partial charge in [-0.25, -0.2) is 4.68 Å². The molecule has 5 rings (SSSR count). The van der Waals surface area contributed by atoms with E-state index in [0.29, 0.717) is 23.7 Å². The highest BCUT2D eigenvalue weighted by atomic mass is 16.5. The van der Waals surface area contributed by atoms with Crippen molar-refractivity contribution in [1.29, 1.82) is 0 Å². The van der Waals surface area contributed by atoms with E-state index in [9.17, 15) is 4.79 Å². The maximum Gasteiger partial charge on any atom is 0.261 e. The Hall–Kier alpha value is -4.13. The summed E-state index contributed by atoms with van der Waals surface area (Å²) in [7, 11) is 3.26. The van der Waals surface area contributed by atoms with Crippen LogP contribution in [0.4, 0.5) is 5.95 Å². The topological polar surface area (TPSA) is 69.5 Å². The molecule has 1 amide bonds. The van der Waals surface area contributed by atoms with Gasteiger partial charge in [0.2, 0.25) is 5.95 Å². The average Bonchev–Trinajstić information content (AvgIpc) is 3.38. The van der Waals surface area contributed by atoms with Gasteiger partial charge in [0, 0.05) is 11.1 Å². The third-order valence-corrected chi connectivity index (χ3v) is 6.32. The number of para-hydroxylation sites is 1. The Bertz CT molecular complexity index is 1320. The van der Waals surface area contributed by atoms with Crippen molar-refractivity contribution in [1.82, 2.24) is 14.8 Å². The zero-order valence-corrected chi connectivity index (χ0v) is 19.4. The minimum absolute atomic E-state index is 0.144.